The second kappa shape index (κ2) is 5.22. The van der Waals surface area contributed by atoms with Gasteiger partial charge in [-0.2, -0.15) is 0 Å². The first-order valence-corrected chi connectivity index (χ1v) is 7.47. The van der Waals surface area contributed by atoms with Crippen LogP contribution in [0.15, 0.2) is 18.2 Å². The summed E-state index contributed by atoms with van der Waals surface area (Å²) in [6.07, 6.45) is 1.91. The van der Waals surface area contributed by atoms with Gasteiger partial charge < -0.3 is 14.9 Å². The molecule has 21 heavy (non-hydrogen) atoms. The molecule has 5 nitrogen and oxygen atoms in total. The minimum absolute atomic E-state index is 0.00875. The van der Waals surface area contributed by atoms with E-state index in [1.807, 2.05) is 4.90 Å². The molecule has 2 aliphatic heterocycles. The fourth-order valence-corrected chi connectivity index (χ4v) is 3.34. The summed E-state index contributed by atoms with van der Waals surface area (Å²) in [5, 5.41) is 10.3. The number of nitrogens with zero attached hydrogens (tertiary/aromatic N) is 2. The average molecular weight is 309 g/mol. The number of carbonyl (C=O) groups is 2. The van der Waals surface area contributed by atoms with Gasteiger partial charge in [0.1, 0.15) is 11.8 Å². The molecule has 1 aromatic rings. The van der Waals surface area contributed by atoms with E-state index in [0.29, 0.717) is 11.6 Å². The van der Waals surface area contributed by atoms with E-state index in [9.17, 15) is 14.7 Å². The van der Waals surface area contributed by atoms with Gasteiger partial charge in [-0.25, -0.2) is 0 Å². The third-order valence-electron chi connectivity index (χ3n) is 4.34. The van der Waals surface area contributed by atoms with Crippen LogP contribution in [0.4, 0.5) is 0 Å². The normalized spacial score (nSPS) is 25.1. The first-order valence-electron chi connectivity index (χ1n) is 7.09. The largest absolute Gasteiger partial charge is 0.507 e. The van der Waals surface area contributed by atoms with Crippen molar-refractivity contribution in [3.63, 3.8) is 0 Å². The topological polar surface area (TPSA) is 60.9 Å². The van der Waals surface area contributed by atoms with Gasteiger partial charge in [-0.05, 0) is 38.0 Å². The van der Waals surface area contributed by atoms with Crippen LogP contribution in [0.5, 0.6) is 5.75 Å². The quantitative estimate of drug-likeness (QED) is 0.861. The van der Waals surface area contributed by atoms with Gasteiger partial charge in [-0.3, -0.25) is 9.59 Å². The Balaban J connectivity index is 1.88. The van der Waals surface area contributed by atoms with Crippen molar-refractivity contribution in [2.75, 3.05) is 13.1 Å². The molecule has 6 heteroatoms. The summed E-state index contributed by atoms with van der Waals surface area (Å²) >= 11 is 5.79. The highest BCUT2D eigenvalue weighted by atomic mass is 35.5. The number of phenolic OH excluding ortho intramolecular Hbond substituents is 1. The van der Waals surface area contributed by atoms with E-state index in [4.69, 9.17) is 11.6 Å². The van der Waals surface area contributed by atoms with Gasteiger partial charge in [-0.15, -0.1) is 0 Å². The van der Waals surface area contributed by atoms with Crippen molar-refractivity contribution < 1.29 is 14.7 Å². The summed E-state index contributed by atoms with van der Waals surface area (Å²) < 4.78 is 0. The Morgan fingerprint density at radius 3 is 2.90 bits per heavy atom. The lowest BCUT2D eigenvalue weighted by molar-refractivity contribution is -0.141. The molecule has 2 saturated heterocycles. The first-order chi connectivity index (χ1) is 9.99. The molecule has 1 aromatic carbocycles. The fourth-order valence-electron chi connectivity index (χ4n) is 3.17. The van der Waals surface area contributed by atoms with Gasteiger partial charge in [0.2, 0.25) is 5.91 Å². The Morgan fingerprint density at radius 2 is 2.19 bits per heavy atom. The number of rotatable bonds is 1. The average Bonchev–Trinajstić information content (AvgIpc) is 2.90. The van der Waals surface area contributed by atoms with Crippen molar-refractivity contribution in [1.29, 1.82) is 0 Å². The van der Waals surface area contributed by atoms with Crippen LogP contribution in [0.3, 0.4) is 0 Å². The number of benzene rings is 1. The lowest BCUT2D eigenvalue weighted by Gasteiger charge is -2.41. The molecule has 0 saturated carbocycles. The maximum atomic E-state index is 12.6. The van der Waals surface area contributed by atoms with Crippen LogP contribution in [0.25, 0.3) is 0 Å². The van der Waals surface area contributed by atoms with E-state index < -0.39 is 6.04 Å². The molecule has 1 N–H and O–H groups in total. The summed E-state index contributed by atoms with van der Waals surface area (Å²) in [5.74, 6) is -0.483. The Bertz CT molecular complexity index is 605. The molecule has 0 radical (unpaired) electrons. The molecule has 0 bridgehead atoms. The van der Waals surface area contributed by atoms with Crippen molar-refractivity contribution in [1.82, 2.24) is 9.80 Å². The predicted octanol–water partition coefficient (Wildman–Crippen LogP) is 1.88. The van der Waals surface area contributed by atoms with Crippen LogP contribution in [0, 0.1) is 0 Å². The molecule has 0 aromatic heterocycles. The smallest absolute Gasteiger partial charge is 0.258 e. The zero-order chi connectivity index (χ0) is 15.1. The standard InChI is InChI=1S/C15H17ClN2O3/c1-9-14(20)17-6-2-3-11(17)8-18(9)15(21)12-5-4-10(16)7-13(12)19/h4-5,7,9,11,19H,2-3,6,8H2,1H3/t9-,11-/m1/s1. The Morgan fingerprint density at radius 1 is 1.43 bits per heavy atom. The number of aromatic hydroxyl groups is 1. The summed E-state index contributed by atoms with van der Waals surface area (Å²) in [7, 11) is 0. The summed E-state index contributed by atoms with van der Waals surface area (Å²) in [6, 6.07) is 4.01. The third-order valence-corrected chi connectivity index (χ3v) is 4.58. The monoisotopic (exact) mass is 308 g/mol. The highest BCUT2D eigenvalue weighted by Crippen LogP contribution is 2.29. The van der Waals surface area contributed by atoms with Crippen LogP contribution < -0.4 is 0 Å². The third kappa shape index (κ3) is 2.35. The Hall–Kier alpha value is -1.75. The zero-order valence-electron chi connectivity index (χ0n) is 11.8. The van der Waals surface area contributed by atoms with E-state index in [2.05, 4.69) is 0 Å². The number of amides is 2. The molecule has 2 heterocycles. The molecular weight excluding hydrogens is 292 g/mol. The number of carbonyl (C=O) groups excluding carboxylic acids is 2. The van der Waals surface area contributed by atoms with Crippen molar-refractivity contribution >= 4 is 23.4 Å². The minimum Gasteiger partial charge on any atom is -0.507 e. The van der Waals surface area contributed by atoms with Crippen LogP contribution in [0.1, 0.15) is 30.1 Å². The van der Waals surface area contributed by atoms with Crippen molar-refractivity contribution in [3.8, 4) is 5.75 Å². The summed E-state index contributed by atoms with van der Waals surface area (Å²) in [5.41, 5.74) is 0.186. The summed E-state index contributed by atoms with van der Waals surface area (Å²) in [4.78, 5) is 28.4. The lowest BCUT2D eigenvalue weighted by atomic mass is 10.0. The van der Waals surface area contributed by atoms with Crippen LogP contribution in [-0.4, -0.2) is 51.9 Å². The van der Waals surface area contributed by atoms with Crippen LogP contribution in [-0.2, 0) is 4.79 Å². The van der Waals surface area contributed by atoms with Crippen LogP contribution >= 0.6 is 11.6 Å². The zero-order valence-corrected chi connectivity index (χ0v) is 12.5. The highest BCUT2D eigenvalue weighted by Gasteiger charge is 2.42. The second-order valence-corrected chi connectivity index (χ2v) is 6.06. The van der Waals surface area contributed by atoms with E-state index in [1.54, 1.807) is 17.9 Å². The maximum Gasteiger partial charge on any atom is 0.258 e. The fraction of sp³-hybridized carbons (Fsp3) is 0.467. The number of hydrogen-bond donors (Lipinski definition) is 1. The molecule has 2 fully saturated rings. The van der Waals surface area contributed by atoms with Gasteiger partial charge in [0, 0.05) is 24.2 Å². The molecule has 0 spiro atoms. The van der Waals surface area contributed by atoms with Gasteiger partial charge in [0.05, 0.1) is 5.56 Å². The number of hydrogen-bond acceptors (Lipinski definition) is 3. The number of piperazine rings is 1. The van der Waals surface area contributed by atoms with E-state index in [1.165, 1.54) is 12.1 Å². The van der Waals surface area contributed by atoms with E-state index >= 15 is 0 Å². The second-order valence-electron chi connectivity index (χ2n) is 5.62. The van der Waals surface area contributed by atoms with E-state index in [0.717, 1.165) is 19.4 Å². The molecular formula is C15H17ClN2O3. The van der Waals surface area contributed by atoms with Crippen LogP contribution in [0.2, 0.25) is 5.02 Å². The molecule has 112 valence electrons. The molecule has 2 atom stereocenters. The lowest BCUT2D eigenvalue weighted by Crippen LogP contribution is -2.60. The van der Waals surface area contributed by atoms with Gasteiger partial charge in [0.15, 0.2) is 0 Å². The Kier molecular flexibility index (Phi) is 3.53. The molecule has 0 aliphatic carbocycles. The SMILES string of the molecule is C[C@@H]1C(=O)N2CCC[C@@H]2CN1C(=O)c1ccc(Cl)cc1O. The van der Waals surface area contributed by atoms with Crippen molar-refractivity contribution in [2.45, 2.75) is 31.8 Å². The highest BCUT2D eigenvalue weighted by molar-refractivity contribution is 6.30. The predicted molar refractivity (Wildman–Crippen MR) is 78.4 cm³/mol. The van der Waals surface area contributed by atoms with Gasteiger partial charge >= 0.3 is 0 Å². The minimum atomic E-state index is -0.498. The number of fused-ring (bicyclic) bond motifs is 1. The molecule has 3 rings (SSSR count). The van der Waals surface area contributed by atoms with E-state index in [-0.39, 0.29) is 29.2 Å². The van der Waals surface area contributed by atoms with Gasteiger partial charge in [-0.1, -0.05) is 11.6 Å². The number of halogens is 1. The maximum absolute atomic E-state index is 12.6. The van der Waals surface area contributed by atoms with Crippen molar-refractivity contribution in [3.05, 3.63) is 28.8 Å². The van der Waals surface area contributed by atoms with Gasteiger partial charge in [0.25, 0.3) is 5.91 Å². The molecule has 2 amide bonds. The molecule has 0 unspecified atom stereocenters. The first kappa shape index (κ1) is 14.2. The van der Waals surface area contributed by atoms with Crippen molar-refractivity contribution in [2.24, 2.45) is 0 Å². The number of phenols is 1. The molecule has 2 aliphatic rings. The summed E-state index contributed by atoms with van der Waals surface area (Å²) in [6.45, 7) is 3.04. The Labute approximate surface area is 128 Å².